The predicted molar refractivity (Wildman–Crippen MR) is 97.1 cm³/mol. The highest BCUT2D eigenvalue weighted by Crippen LogP contribution is 2.29. The fourth-order valence-electron chi connectivity index (χ4n) is 3.28. The molecule has 2 heterocycles. The molecule has 0 fully saturated rings. The summed E-state index contributed by atoms with van der Waals surface area (Å²) in [6, 6.07) is 7.38. The normalized spacial score (nSPS) is 18.9. The largest absolute Gasteiger partial charge is 0.369 e. The highest BCUT2D eigenvalue weighted by molar-refractivity contribution is 5.94. The summed E-state index contributed by atoms with van der Waals surface area (Å²) in [6.07, 6.45) is 1.29. The lowest BCUT2D eigenvalue weighted by Crippen LogP contribution is -2.29. The van der Waals surface area contributed by atoms with Gasteiger partial charge in [0.2, 0.25) is 0 Å². The van der Waals surface area contributed by atoms with Gasteiger partial charge in [-0.1, -0.05) is 12.1 Å². The summed E-state index contributed by atoms with van der Waals surface area (Å²) in [5, 5.41) is 12.6. The van der Waals surface area contributed by atoms with Gasteiger partial charge in [0.15, 0.2) is 5.69 Å². The third kappa shape index (κ3) is 3.77. The zero-order valence-corrected chi connectivity index (χ0v) is 15.3. The number of nitrogens with one attached hydrogen (secondary N) is 3. The van der Waals surface area contributed by atoms with Gasteiger partial charge in [-0.3, -0.25) is 14.7 Å². The molecule has 2 amide bonds. The first-order valence-corrected chi connectivity index (χ1v) is 8.81. The van der Waals surface area contributed by atoms with Gasteiger partial charge < -0.3 is 15.4 Å². The van der Waals surface area contributed by atoms with Gasteiger partial charge in [0.25, 0.3) is 11.8 Å². The fourth-order valence-corrected chi connectivity index (χ4v) is 3.28. The molecule has 0 bridgehead atoms. The van der Waals surface area contributed by atoms with Gasteiger partial charge in [-0.05, 0) is 38.0 Å². The molecule has 7 nitrogen and oxygen atoms in total. The minimum Gasteiger partial charge on any atom is -0.369 e. The Morgan fingerprint density at radius 2 is 2.12 bits per heavy atom. The fraction of sp³-hybridized carbons (Fsp3) is 0.421. The Labute approximate surface area is 152 Å². The molecule has 26 heavy (non-hydrogen) atoms. The zero-order chi connectivity index (χ0) is 18.7. The molecule has 3 rings (SSSR count). The van der Waals surface area contributed by atoms with E-state index >= 15 is 0 Å². The van der Waals surface area contributed by atoms with E-state index in [4.69, 9.17) is 4.74 Å². The summed E-state index contributed by atoms with van der Waals surface area (Å²) >= 11 is 0. The van der Waals surface area contributed by atoms with E-state index in [0.29, 0.717) is 30.6 Å². The van der Waals surface area contributed by atoms with Crippen LogP contribution in [-0.4, -0.2) is 41.7 Å². The van der Waals surface area contributed by atoms with E-state index < -0.39 is 0 Å². The third-order valence-corrected chi connectivity index (χ3v) is 4.56. The van der Waals surface area contributed by atoms with E-state index in [0.717, 1.165) is 16.8 Å². The van der Waals surface area contributed by atoms with Crippen LogP contribution in [-0.2, 0) is 17.6 Å². The first kappa shape index (κ1) is 18.1. The van der Waals surface area contributed by atoms with Gasteiger partial charge in [-0.15, -0.1) is 0 Å². The van der Waals surface area contributed by atoms with Crippen molar-refractivity contribution in [2.45, 2.75) is 38.9 Å². The second kappa shape index (κ2) is 7.70. The standard InChI is InChI=1S/C19H24N4O3/c1-11-9-15-16(12(2)26-11)22-23-17(15)19(25)21-8-7-13-5-4-6-14(10-13)18(24)20-3/h4-6,10-12H,7-9H2,1-3H3,(H,20,24)(H,21,25)(H,22,23)/t11-,12+/m0/s1. The number of amides is 2. The molecule has 0 radical (unpaired) electrons. The Kier molecular flexibility index (Phi) is 5.37. The maximum atomic E-state index is 12.5. The molecule has 1 aromatic heterocycles. The SMILES string of the molecule is CNC(=O)c1cccc(CCNC(=O)c2n[nH]c3c2C[C@H](C)O[C@@H]3C)c1. The summed E-state index contributed by atoms with van der Waals surface area (Å²) in [5.74, 6) is -0.309. The molecule has 1 aliphatic heterocycles. The summed E-state index contributed by atoms with van der Waals surface area (Å²) in [4.78, 5) is 24.2. The van der Waals surface area contributed by atoms with Crippen LogP contribution in [0.2, 0.25) is 0 Å². The lowest BCUT2D eigenvalue weighted by molar-refractivity contribution is -0.00697. The van der Waals surface area contributed by atoms with Crippen LogP contribution in [0, 0.1) is 0 Å². The first-order chi connectivity index (χ1) is 12.5. The lowest BCUT2D eigenvalue weighted by atomic mass is 9.99. The van der Waals surface area contributed by atoms with E-state index in [1.165, 1.54) is 0 Å². The number of hydrogen-bond donors (Lipinski definition) is 3. The molecule has 3 N–H and O–H groups in total. The Hall–Kier alpha value is -2.67. The molecule has 2 atom stereocenters. The molecule has 1 aliphatic rings. The Bertz CT molecular complexity index is 815. The molecule has 0 saturated carbocycles. The van der Waals surface area contributed by atoms with Gasteiger partial charge in [0.1, 0.15) is 0 Å². The molecular formula is C19H24N4O3. The van der Waals surface area contributed by atoms with Crippen LogP contribution in [0.5, 0.6) is 0 Å². The van der Waals surface area contributed by atoms with Crippen LogP contribution in [0.1, 0.15) is 57.6 Å². The van der Waals surface area contributed by atoms with Crippen LogP contribution in [0.25, 0.3) is 0 Å². The highest BCUT2D eigenvalue weighted by atomic mass is 16.5. The molecule has 0 aliphatic carbocycles. The van der Waals surface area contributed by atoms with Crippen molar-refractivity contribution < 1.29 is 14.3 Å². The zero-order valence-electron chi connectivity index (χ0n) is 15.3. The van der Waals surface area contributed by atoms with Gasteiger partial charge in [-0.2, -0.15) is 5.10 Å². The topological polar surface area (TPSA) is 96.1 Å². The minimum atomic E-state index is -0.189. The average molecular weight is 356 g/mol. The summed E-state index contributed by atoms with van der Waals surface area (Å²) in [7, 11) is 1.60. The second-order valence-electron chi connectivity index (χ2n) is 6.54. The molecule has 0 saturated heterocycles. The number of ether oxygens (including phenoxy) is 1. The Morgan fingerprint density at radius 3 is 2.88 bits per heavy atom. The van der Waals surface area contributed by atoms with Crippen molar-refractivity contribution in [3.05, 3.63) is 52.3 Å². The lowest BCUT2D eigenvalue weighted by Gasteiger charge is -2.25. The number of nitrogens with zero attached hydrogens (tertiary/aromatic N) is 1. The van der Waals surface area contributed by atoms with Crippen LogP contribution >= 0.6 is 0 Å². The summed E-state index contributed by atoms with van der Waals surface area (Å²) in [5.41, 5.74) is 3.87. The first-order valence-electron chi connectivity index (χ1n) is 8.81. The van der Waals surface area contributed by atoms with Gasteiger partial charge in [0, 0.05) is 31.1 Å². The molecule has 2 aromatic rings. The summed E-state index contributed by atoms with van der Waals surface area (Å²) in [6.45, 7) is 4.42. The Morgan fingerprint density at radius 1 is 1.31 bits per heavy atom. The maximum absolute atomic E-state index is 12.5. The average Bonchev–Trinajstić information content (AvgIpc) is 3.05. The molecular weight excluding hydrogens is 332 g/mol. The number of H-pyrrole nitrogens is 1. The van der Waals surface area contributed by atoms with Crippen LogP contribution < -0.4 is 10.6 Å². The smallest absolute Gasteiger partial charge is 0.272 e. The van der Waals surface area contributed by atoms with E-state index in [1.54, 1.807) is 13.1 Å². The highest BCUT2D eigenvalue weighted by Gasteiger charge is 2.29. The molecule has 7 heteroatoms. The van der Waals surface area contributed by atoms with E-state index in [1.807, 2.05) is 32.0 Å². The van der Waals surface area contributed by atoms with Gasteiger partial charge in [-0.25, -0.2) is 0 Å². The van der Waals surface area contributed by atoms with Gasteiger partial charge >= 0.3 is 0 Å². The maximum Gasteiger partial charge on any atom is 0.272 e. The van der Waals surface area contributed by atoms with E-state index in [-0.39, 0.29) is 24.0 Å². The molecule has 1 aromatic carbocycles. The molecule has 0 spiro atoms. The number of carbonyl (C=O) groups excluding carboxylic acids is 2. The van der Waals surface area contributed by atoms with Crippen molar-refractivity contribution in [3.63, 3.8) is 0 Å². The number of benzene rings is 1. The molecule has 138 valence electrons. The van der Waals surface area contributed by atoms with Crippen molar-refractivity contribution in [1.82, 2.24) is 20.8 Å². The Balaban J connectivity index is 1.61. The van der Waals surface area contributed by atoms with Gasteiger partial charge in [0.05, 0.1) is 17.9 Å². The predicted octanol–water partition coefficient (Wildman–Crippen LogP) is 1.76. The van der Waals surface area contributed by atoms with Crippen molar-refractivity contribution in [3.8, 4) is 0 Å². The monoisotopic (exact) mass is 356 g/mol. The van der Waals surface area contributed by atoms with Crippen LogP contribution in [0.15, 0.2) is 24.3 Å². The van der Waals surface area contributed by atoms with Crippen molar-refractivity contribution in [1.29, 1.82) is 0 Å². The third-order valence-electron chi connectivity index (χ3n) is 4.56. The number of rotatable bonds is 5. The number of fused-ring (bicyclic) bond motifs is 1. The number of aromatic amines is 1. The van der Waals surface area contributed by atoms with Crippen LogP contribution in [0.4, 0.5) is 0 Å². The summed E-state index contributed by atoms with van der Waals surface area (Å²) < 4.78 is 5.75. The molecule has 0 unspecified atom stereocenters. The van der Waals surface area contributed by atoms with Crippen molar-refractivity contribution in [2.75, 3.05) is 13.6 Å². The number of hydrogen-bond acceptors (Lipinski definition) is 4. The second-order valence-corrected chi connectivity index (χ2v) is 6.54. The van der Waals surface area contributed by atoms with E-state index in [9.17, 15) is 9.59 Å². The number of aromatic nitrogens is 2. The number of carbonyl (C=O) groups is 2. The quantitative estimate of drug-likeness (QED) is 0.761. The van der Waals surface area contributed by atoms with E-state index in [2.05, 4.69) is 20.8 Å². The minimum absolute atomic E-state index is 0.0640. The van der Waals surface area contributed by atoms with Crippen molar-refractivity contribution in [2.24, 2.45) is 0 Å². The van der Waals surface area contributed by atoms with Crippen molar-refractivity contribution >= 4 is 11.8 Å². The van der Waals surface area contributed by atoms with Crippen LogP contribution in [0.3, 0.4) is 0 Å².